The van der Waals surface area contributed by atoms with Crippen LogP contribution in [0.3, 0.4) is 0 Å². The van der Waals surface area contributed by atoms with Gasteiger partial charge in [0.2, 0.25) is 0 Å². The van der Waals surface area contributed by atoms with E-state index in [1.807, 2.05) is 31.2 Å². The maximum Gasteiger partial charge on any atom is 0.173 e. The van der Waals surface area contributed by atoms with Crippen LogP contribution in [-0.4, -0.2) is 56.2 Å². The average Bonchev–Trinajstić information content (AvgIpc) is 3.34. The summed E-state index contributed by atoms with van der Waals surface area (Å²) >= 11 is 0. The average molecular weight is 438 g/mol. The number of nitrogens with one attached hydrogen (secondary N) is 1. The summed E-state index contributed by atoms with van der Waals surface area (Å²) in [7, 11) is 0. The van der Waals surface area contributed by atoms with Crippen molar-refractivity contribution in [3.8, 4) is 5.75 Å². The molecule has 0 bridgehead atoms. The van der Waals surface area contributed by atoms with Crippen molar-refractivity contribution in [3.63, 3.8) is 0 Å². The number of rotatable bonds is 6. The Kier molecular flexibility index (Phi) is 5.24. The summed E-state index contributed by atoms with van der Waals surface area (Å²) in [6.45, 7) is 2.75. The minimum Gasteiger partial charge on any atom is -0.491 e. The van der Waals surface area contributed by atoms with Crippen molar-refractivity contribution in [2.45, 2.75) is 31.5 Å². The summed E-state index contributed by atoms with van der Waals surface area (Å²) in [6, 6.07) is 11.1. The molecule has 4 heterocycles. The Bertz CT molecular complexity index is 1270. The fraction of sp³-hybridized carbons (Fsp3) is 0.318. The lowest BCUT2D eigenvalue weighted by atomic mass is 10.1. The Labute approximate surface area is 183 Å². The highest BCUT2D eigenvalue weighted by molar-refractivity contribution is 5.86. The Morgan fingerprint density at radius 1 is 1.25 bits per heavy atom. The SMILES string of the molecule is CCNc1ccc2ccc(OC[C@H]3O[C@@H](n4ccc5c(N)ncnc54)[C@@H](F)[C@@H]3O)cc2n1. The smallest absolute Gasteiger partial charge is 0.173 e. The summed E-state index contributed by atoms with van der Waals surface area (Å²) in [6.07, 6.45) is -1.98. The van der Waals surface area contributed by atoms with Crippen molar-refractivity contribution in [2.24, 2.45) is 0 Å². The van der Waals surface area contributed by atoms with Gasteiger partial charge >= 0.3 is 0 Å². The molecule has 1 aromatic carbocycles. The summed E-state index contributed by atoms with van der Waals surface area (Å²) in [5.41, 5.74) is 7.07. The van der Waals surface area contributed by atoms with Gasteiger partial charge in [0, 0.05) is 24.2 Å². The summed E-state index contributed by atoms with van der Waals surface area (Å²) in [4.78, 5) is 12.7. The number of nitrogens with two attached hydrogens (primary N) is 1. The van der Waals surface area contributed by atoms with Crippen LogP contribution in [0.25, 0.3) is 21.9 Å². The molecule has 0 unspecified atom stereocenters. The van der Waals surface area contributed by atoms with Gasteiger partial charge in [0.05, 0.1) is 10.9 Å². The molecule has 4 aromatic rings. The number of aromatic nitrogens is 4. The van der Waals surface area contributed by atoms with Crippen LogP contribution < -0.4 is 15.8 Å². The van der Waals surface area contributed by atoms with E-state index in [0.29, 0.717) is 22.6 Å². The lowest BCUT2D eigenvalue weighted by molar-refractivity contribution is -0.0410. The zero-order valence-electron chi connectivity index (χ0n) is 17.4. The third-order valence-corrected chi connectivity index (χ3v) is 5.54. The van der Waals surface area contributed by atoms with Crippen molar-refractivity contribution in [2.75, 3.05) is 24.2 Å². The number of benzene rings is 1. The first-order valence-electron chi connectivity index (χ1n) is 10.4. The molecule has 3 aromatic heterocycles. The third kappa shape index (κ3) is 3.57. The maximum atomic E-state index is 14.9. The lowest BCUT2D eigenvalue weighted by Crippen LogP contribution is -2.32. The van der Waals surface area contributed by atoms with Gasteiger partial charge < -0.3 is 30.2 Å². The first kappa shape index (κ1) is 20.4. The Hall–Kier alpha value is -3.50. The van der Waals surface area contributed by atoms with E-state index in [1.165, 1.54) is 10.9 Å². The Morgan fingerprint density at radius 2 is 2.09 bits per heavy atom. The molecule has 0 radical (unpaired) electrons. The van der Waals surface area contributed by atoms with Crippen molar-refractivity contribution >= 4 is 33.6 Å². The van der Waals surface area contributed by atoms with Crippen molar-refractivity contribution < 1.29 is 19.0 Å². The number of halogens is 1. The quantitative estimate of drug-likeness (QED) is 0.420. The summed E-state index contributed by atoms with van der Waals surface area (Å²) < 4.78 is 28.1. The standard InChI is InChI=1S/C22H23FN6O3/c1-2-25-17-6-4-12-3-5-13(9-15(12)28-17)31-10-16-19(30)18(23)22(32-16)29-8-7-14-20(24)26-11-27-21(14)29/h3-9,11,16,18-19,22,30H,2,10H2,1H3,(H,25,28)(H2,24,26,27)/t16-,18+,19-,22-/m1/s1. The number of pyridine rings is 1. The number of ether oxygens (including phenoxy) is 2. The van der Waals surface area contributed by atoms with Gasteiger partial charge in [0.15, 0.2) is 12.4 Å². The van der Waals surface area contributed by atoms with Crippen molar-refractivity contribution in [3.05, 3.63) is 48.9 Å². The lowest BCUT2D eigenvalue weighted by Gasteiger charge is -2.17. The molecule has 0 aliphatic carbocycles. The van der Waals surface area contributed by atoms with E-state index in [1.54, 1.807) is 18.3 Å². The Balaban J connectivity index is 1.32. The molecule has 1 saturated heterocycles. The minimum absolute atomic E-state index is 0.0210. The predicted octanol–water partition coefficient (Wildman–Crippen LogP) is 2.67. The molecule has 1 fully saturated rings. The summed E-state index contributed by atoms with van der Waals surface area (Å²) in [5, 5.41) is 15.2. The number of nitrogen functional groups attached to an aromatic ring is 1. The van der Waals surface area contributed by atoms with Crippen LogP contribution in [0.2, 0.25) is 0 Å². The Morgan fingerprint density at radius 3 is 2.94 bits per heavy atom. The first-order chi connectivity index (χ1) is 15.5. The van der Waals surface area contributed by atoms with E-state index in [9.17, 15) is 9.50 Å². The largest absolute Gasteiger partial charge is 0.491 e. The number of hydrogen-bond acceptors (Lipinski definition) is 8. The van der Waals surface area contributed by atoms with Crippen LogP contribution in [-0.2, 0) is 4.74 Å². The van der Waals surface area contributed by atoms with Gasteiger partial charge in [-0.1, -0.05) is 0 Å². The second-order valence-corrected chi connectivity index (χ2v) is 7.61. The molecule has 4 N–H and O–H groups in total. The molecule has 9 nitrogen and oxygen atoms in total. The number of alkyl halides is 1. The number of anilines is 2. The number of fused-ring (bicyclic) bond motifs is 2. The van der Waals surface area contributed by atoms with Gasteiger partial charge in [-0.25, -0.2) is 19.3 Å². The zero-order valence-corrected chi connectivity index (χ0v) is 17.4. The van der Waals surface area contributed by atoms with E-state index in [4.69, 9.17) is 15.2 Å². The van der Waals surface area contributed by atoms with Crippen molar-refractivity contribution in [1.82, 2.24) is 19.5 Å². The molecule has 10 heteroatoms. The highest BCUT2D eigenvalue weighted by atomic mass is 19.1. The van der Waals surface area contributed by atoms with Gasteiger partial charge in [-0.15, -0.1) is 0 Å². The molecule has 5 rings (SSSR count). The highest BCUT2D eigenvalue weighted by Gasteiger charge is 2.46. The topological polar surface area (TPSA) is 120 Å². The summed E-state index contributed by atoms with van der Waals surface area (Å²) in [5.74, 6) is 1.63. The van der Waals surface area contributed by atoms with E-state index >= 15 is 0 Å². The fourth-order valence-electron chi connectivity index (χ4n) is 3.91. The first-order valence-corrected chi connectivity index (χ1v) is 10.4. The van der Waals surface area contributed by atoms with E-state index < -0.39 is 24.6 Å². The molecular formula is C22H23FN6O3. The second-order valence-electron chi connectivity index (χ2n) is 7.61. The van der Waals surface area contributed by atoms with E-state index in [2.05, 4.69) is 20.3 Å². The van der Waals surface area contributed by atoms with Gasteiger partial charge in [-0.2, -0.15) is 0 Å². The molecule has 1 aliphatic heterocycles. The van der Waals surface area contributed by atoms with Gasteiger partial charge in [0.25, 0.3) is 0 Å². The molecule has 32 heavy (non-hydrogen) atoms. The zero-order chi connectivity index (χ0) is 22.2. The van der Waals surface area contributed by atoms with Gasteiger partial charge in [-0.3, -0.25) is 0 Å². The molecule has 1 aliphatic rings. The van der Waals surface area contributed by atoms with Crippen LogP contribution in [0.4, 0.5) is 16.0 Å². The molecule has 0 saturated carbocycles. The molecule has 4 atom stereocenters. The monoisotopic (exact) mass is 438 g/mol. The number of hydrogen-bond donors (Lipinski definition) is 3. The van der Waals surface area contributed by atoms with Crippen LogP contribution in [0.15, 0.2) is 48.9 Å². The third-order valence-electron chi connectivity index (χ3n) is 5.54. The fourth-order valence-corrected chi connectivity index (χ4v) is 3.91. The molecule has 0 spiro atoms. The van der Waals surface area contributed by atoms with Gasteiger partial charge in [-0.05, 0) is 37.3 Å². The normalized spacial score (nSPS) is 23.1. The van der Waals surface area contributed by atoms with Crippen LogP contribution in [0.5, 0.6) is 5.75 Å². The van der Waals surface area contributed by atoms with Crippen LogP contribution in [0, 0.1) is 0 Å². The number of nitrogens with zero attached hydrogens (tertiary/aromatic N) is 4. The highest BCUT2D eigenvalue weighted by Crippen LogP contribution is 2.35. The van der Waals surface area contributed by atoms with E-state index in [0.717, 1.165) is 23.3 Å². The predicted molar refractivity (Wildman–Crippen MR) is 118 cm³/mol. The minimum atomic E-state index is -1.66. The molecule has 166 valence electrons. The van der Waals surface area contributed by atoms with E-state index in [-0.39, 0.29) is 6.61 Å². The van der Waals surface area contributed by atoms with Crippen molar-refractivity contribution in [1.29, 1.82) is 0 Å². The molecular weight excluding hydrogens is 415 g/mol. The molecule has 0 amide bonds. The number of aliphatic hydroxyl groups is 1. The second kappa shape index (κ2) is 8.21. The maximum absolute atomic E-state index is 14.9. The van der Waals surface area contributed by atoms with Gasteiger partial charge in [0.1, 0.15) is 48.2 Å². The van der Waals surface area contributed by atoms with Crippen LogP contribution >= 0.6 is 0 Å². The van der Waals surface area contributed by atoms with Crippen LogP contribution in [0.1, 0.15) is 13.2 Å². The number of aliphatic hydroxyl groups excluding tert-OH is 1.